The monoisotopic (exact) mass is 237 g/mol. The molecule has 0 spiro atoms. The summed E-state index contributed by atoms with van der Waals surface area (Å²) in [6.45, 7) is 0. The Kier molecular flexibility index (Phi) is 2.32. The smallest absolute Gasteiger partial charge is 0.170 e. The summed E-state index contributed by atoms with van der Waals surface area (Å²) in [6.07, 6.45) is 1.74. The number of thiazole rings is 1. The van der Waals surface area contributed by atoms with Crippen molar-refractivity contribution in [1.29, 1.82) is 5.26 Å². The second kappa shape index (κ2) is 3.96. The maximum atomic E-state index is 8.74. The van der Waals surface area contributed by atoms with Crippen LogP contribution in [-0.4, -0.2) is 9.97 Å². The van der Waals surface area contributed by atoms with Crippen LogP contribution >= 0.6 is 11.3 Å². The van der Waals surface area contributed by atoms with Crippen molar-refractivity contribution < 1.29 is 0 Å². The van der Waals surface area contributed by atoms with Crippen molar-refractivity contribution in [1.82, 2.24) is 9.97 Å². The molecule has 0 aliphatic rings. The summed E-state index contributed by atoms with van der Waals surface area (Å²) in [6, 6.07) is 13.4. The number of rotatable bonds is 1. The molecule has 0 aliphatic heterocycles. The fourth-order valence-corrected chi connectivity index (χ4v) is 2.51. The number of nitrogens with zero attached hydrogens (tertiary/aromatic N) is 3. The molecule has 0 fully saturated rings. The molecular formula is C13H7N3S. The molecule has 2 heterocycles. The molecular weight excluding hydrogens is 230 g/mol. The highest BCUT2D eigenvalue weighted by Crippen LogP contribution is 2.28. The second-order valence-corrected chi connectivity index (χ2v) is 4.56. The summed E-state index contributed by atoms with van der Waals surface area (Å²) < 4.78 is 1.08. The normalized spacial score (nSPS) is 10.3. The minimum atomic E-state index is 0.660. The molecule has 80 valence electrons. The van der Waals surface area contributed by atoms with Gasteiger partial charge in [-0.25, -0.2) is 9.97 Å². The highest BCUT2D eigenvalue weighted by Gasteiger charge is 2.06. The van der Waals surface area contributed by atoms with Crippen molar-refractivity contribution in [2.45, 2.75) is 0 Å². The molecule has 1 aromatic carbocycles. The van der Waals surface area contributed by atoms with Crippen LogP contribution in [0.2, 0.25) is 0 Å². The van der Waals surface area contributed by atoms with Gasteiger partial charge in [-0.15, -0.1) is 11.3 Å². The fraction of sp³-hybridized carbons (Fsp3) is 0. The Morgan fingerprint density at radius 2 is 1.94 bits per heavy atom. The fourth-order valence-electron chi connectivity index (χ4n) is 1.58. The van der Waals surface area contributed by atoms with E-state index in [0.717, 1.165) is 20.9 Å². The van der Waals surface area contributed by atoms with Gasteiger partial charge in [0.1, 0.15) is 5.01 Å². The van der Waals surface area contributed by atoms with Gasteiger partial charge < -0.3 is 0 Å². The standard InChI is InChI=1S/C13H7N3S/c14-8-9-3-5-10(6-4-9)13-16-12-11(17-13)2-1-7-15-12/h1-7H. The van der Waals surface area contributed by atoms with Gasteiger partial charge in [-0.05, 0) is 24.3 Å². The number of hydrogen-bond acceptors (Lipinski definition) is 4. The van der Waals surface area contributed by atoms with Crippen molar-refractivity contribution in [2.75, 3.05) is 0 Å². The largest absolute Gasteiger partial charge is 0.236 e. The molecule has 0 unspecified atom stereocenters. The average molecular weight is 237 g/mol. The zero-order chi connectivity index (χ0) is 11.7. The maximum absolute atomic E-state index is 8.74. The number of hydrogen-bond donors (Lipinski definition) is 0. The Bertz CT molecular complexity index is 674. The van der Waals surface area contributed by atoms with E-state index in [2.05, 4.69) is 16.0 Å². The maximum Gasteiger partial charge on any atom is 0.170 e. The molecule has 3 nitrogen and oxygen atoms in total. The van der Waals surface area contributed by atoms with Gasteiger partial charge in [-0.1, -0.05) is 12.1 Å². The van der Waals surface area contributed by atoms with Gasteiger partial charge >= 0.3 is 0 Å². The third kappa shape index (κ3) is 1.77. The Labute approximate surface area is 102 Å². The van der Waals surface area contributed by atoms with E-state index >= 15 is 0 Å². The van der Waals surface area contributed by atoms with Gasteiger partial charge in [-0.3, -0.25) is 0 Å². The van der Waals surface area contributed by atoms with Crippen LogP contribution in [0.15, 0.2) is 42.6 Å². The molecule has 0 atom stereocenters. The average Bonchev–Trinajstić information content (AvgIpc) is 2.82. The predicted octanol–water partition coefficient (Wildman–Crippen LogP) is 3.23. The summed E-state index contributed by atoms with van der Waals surface area (Å²) in [5, 5.41) is 9.67. The SMILES string of the molecule is N#Cc1ccc(-c2nc3ncccc3s2)cc1. The van der Waals surface area contributed by atoms with Gasteiger partial charge in [-0.2, -0.15) is 5.26 Å². The van der Waals surface area contributed by atoms with Crippen LogP contribution in [0.3, 0.4) is 0 Å². The van der Waals surface area contributed by atoms with Crippen molar-refractivity contribution in [3.63, 3.8) is 0 Å². The lowest BCUT2D eigenvalue weighted by Gasteiger charge is -1.94. The highest BCUT2D eigenvalue weighted by molar-refractivity contribution is 7.21. The minimum absolute atomic E-state index is 0.660. The predicted molar refractivity (Wildman–Crippen MR) is 67.6 cm³/mol. The topological polar surface area (TPSA) is 49.6 Å². The van der Waals surface area contributed by atoms with Crippen molar-refractivity contribution >= 4 is 21.7 Å². The van der Waals surface area contributed by atoms with Crippen LogP contribution in [0.1, 0.15) is 5.56 Å². The zero-order valence-electron chi connectivity index (χ0n) is 8.79. The summed E-state index contributed by atoms with van der Waals surface area (Å²) >= 11 is 1.61. The summed E-state index contributed by atoms with van der Waals surface area (Å²) in [7, 11) is 0. The third-order valence-electron chi connectivity index (χ3n) is 2.43. The summed E-state index contributed by atoms with van der Waals surface area (Å²) in [4.78, 5) is 8.67. The number of benzene rings is 1. The molecule has 0 amide bonds. The third-order valence-corrected chi connectivity index (χ3v) is 3.48. The number of fused-ring (bicyclic) bond motifs is 1. The number of pyridine rings is 1. The first kappa shape index (κ1) is 9.94. The molecule has 0 aliphatic carbocycles. The van der Waals surface area contributed by atoms with Crippen LogP contribution in [0.4, 0.5) is 0 Å². The van der Waals surface area contributed by atoms with E-state index in [1.807, 2.05) is 24.3 Å². The van der Waals surface area contributed by atoms with E-state index in [1.165, 1.54) is 0 Å². The highest BCUT2D eigenvalue weighted by atomic mass is 32.1. The zero-order valence-corrected chi connectivity index (χ0v) is 9.61. The molecule has 0 saturated carbocycles. The molecule has 3 aromatic rings. The van der Waals surface area contributed by atoms with E-state index in [9.17, 15) is 0 Å². The van der Waals surface area contributed by atoms with E-state index in [-0.39, 0.29) is 0 Å². The van der Waals surface area contributed by atoms with Gasteiger partial charge in [0.25, 0.3) is 0 Å². The second-order valence-electron chi connectivity index (χ2n) is 3.53. The molecule has 0 bridgehead atoms. The lowest BCUT2D eigenvalue weighted by Crippen LogP contribution is -1.78. The Balaban J connectivity index is 2.11. The van der Waals surface area contributed by atoms with Gasteiger partial charge in [0.2, 0.25) is 0 Å². The summed E-state index contributed by atoms with van der Waals surface area (Å²) in [5.74, 6) is 0. The van der Waals surface area contributed by atoms with E-state index in [4.69, 9.17) is 5.26 Å². The van der Waals surface area contributed by atoms with E-state index in [0.29, 0.717) is 5.56 Å². The quantitative estimate of drug-likeness (QED) is 0.652. The Hall–Kier alpha value is -2.25. The number of nitriles is 1. The molecule has 0 saturated heterocycles. The Morgan fingerprint density at radius 1 is 1.12 bits per heavy atom. The molecule has 17 heavy (non-hydrogen) atoms. The first-order valence-corrected chi connectivity index (χ1v) is 5.90. The van der Waals surface area contributed by atoms with Gasteiger partial charge in [0, 0.05) is 11.8 Å². The first-order valence-electron chi connectivity index (χ1n) is 5.09. The van der Waals surface area contributed by atoms with Crippen molar-refractivity contribution in [3.8, 4) is 16.6 Å². The lowest BCUT2D eigenvalue weighted by molar-refractivity contribution is 1.33. The lowest BCUT2D eigenvalue weighted by atomic mass is 10.1. The summed E-state index contributed by atoms with van der Waals surface area (Å²) in [5.41, 5.74) is 2.46. The van der Waals surface area contributed by atoms with Crippen molar-refractivity contribution in [3.05, 3.63) is 48.2 Å². The van der Waals surface area contributed by atoms with E-state index < -0.39 is 0 Å². The number of aromatic nitrogens is 2. The van der Waals surface area contributed by atoms with Crippen LogP contribution < -0.4 is 0 Å². The van der Waals surface area contributed by atoms with Gasteiger partial charge in [0.15, 0.2) is 5.65 Å². The van der Waals surface area contributed by atoms with E-state index in [1.54, 1.807) is 29.7 Å². The minimum Gasteiger partial charge on any atom is -0.236 e. The van der Waals surface area contributed by atoms with Crippen LogP contribution in [0.5, 0.6) is 0 Å². The van der Waals surface area contributed by atoms with Crippen LogP contribution in [0.25, 0.3) is 20.9 Å². The molecule has 3 rings (SSSR count). The molecule has 0 radical (unpaired) electrons. The van der Waals surface area contributed by atoms with Crippen molar-refractivity contribution in [2.24, 2.45) is 0 Å². The Morgan fingerprint density at radius 3 is 2.65 bits per heavy atom. The first-order chi connectivity index (χ1) is 8.36. The molecule has 2 aromatic heterocycles. The molecule has 0 N–H and O–H groups in total. The van der Waals surface area contributed by atoms with Crippen LogP contribution in [-0.2, 0) is 0 Å². The van der Waals surface area contributed by atoms with Gasteiger partial charge in [0.05, 0.1) is 16.3 Å². The van der Waals surface area contributed by atoms with Crippen LogP contribution in [0, 0.1) is 11.3 Å². The molecule has 4 heteroatoms.